The van der Waals surface area contributed by atoms with Crippen molar-refractivity contribution in [3.63, 3.8) is 0 Å². The number of nitrogens with two attached hydrogens (primary N) is 1. The third-order valence-electron chi connectivity index (χ3n) is 4.91. The summed E-state index contributed by atoms with van der Waals surface area (Å²) in [6.07, 6.45) is 3.12. The Morgan fingerprint density at radius 1 is 1.12 bits per heavy atom. The van der Waals surface area contributed by atoms with E-state index in [0.717, 1.165) is 12.8 Å². The number of nitrogens with zero attached hydrogens (tertiary/aromatic N) is 2. The minimum Gasteiger partial charge on any atom is -0.351 e. The monoisotopic (exact) mass is 380 g/mol. The standard InChI is InChI=1S/C17H24N4O4S/c18-17(23)20-8-4-5-13(12-20)16(22)19-14-6-3-7-15(11-14)26(24,25)21-9-1-2-10-21/h3,6-7,11,13H,1-2,4-5,8-10,12H2,(H2,18,23)(H,19,22)/t13-/m1/s1. The normalized spacial score (nSPS) is 21.5. The Hall–Kier alpha value is -2.13. The fraction of sp³-hybridized carbons (Fsp3) is 0.529. The van der Waals surface area contributed by atoms with Gasteiger partial charge in [0.2, 0.25) is 15.9 Å². The lowest BCUT2D eigenvalue weighted by Crippen LogP contribution is -2.46. The highest BCUT2D eigenvalue weighted by Gasteiger charge is 2.29. The van der Waals surface area contributed by atoms with E-state index < -0.39 is 16.1 Å². The van der Waals surface area contributed by atoms with E-state index in [1.165, 1.54) is 15.3 Å². The van der Waals surface area contributed by atoms with Crippen LogP contribution in [-0.2, 0) is 14.8 Å². The van der Waals surface area contributed by atoms with Crippen LogP contribution in [0.15, 0.2) is 29.2 Å². The molecule has 0 saturated carbocycles. The highest BCUT2D eigenvalue weighted by molar-refractivity contribution is 7.89. The number of hydrogen-bond acceptors (Lipinski definition) is 4. The van der Waals surface area contributed by atoms with Crippen LogP contribution in [0.3, 0.4) is 0 Å². The summed E-state index contributed by atoms with van der Waals surface area (Å²) in [5, 5.41) is 2.77. The maximum Gasteiger partial charge on any atom is 0.314 e. The summed E-state index contributed by atoms with van der Waals surface area (Å²) in [5.41, 5.74) is 5.73. The molecule has 3 amide bonds. The summed E-state index contributed by atoms with van der Waals surface area (Å²) in [4.78, 5) is 25.5. The SMILES string of the molecule is NC(=O)N1CCC[C@@H](C(=O)Nc2cccc(S(=O)(=O)N3CCCC3)c2)C1. The van der Waals surface area contributed by atoms with Gasteiger partial charge in [0.05, 0.1) is 10.8 Å². The van der Waals surface area contributed by atoms with Crippen LogP contribution in [0.4, 0.5) is 10.5 Å². The molecule has 2 aliphatic rings. The number of rotatable bonds is 4. The third kappa shape index (κ3) is 3.99. The van der Waals surface area contributed by atoms with Crippen molar-refractivity contribution < 1.29 is 18.0 Å². The van der Waals surface area contributed by atoms with E-state index in [0.29, 0.717) is 38.2 Å². The number of carbonyl (C=O) groups excluding carboxylic acids is 2. The first-order valence-electron chi connectivity index (χ1n) is 8.83. The quantitative estimate of drug-likeness (QED) is 0.817. The first-order valence-corrected chi connectivity index (χ1v) is 10.3. The Labute approximate surface area is 153 Å². The molecule has 1 aromatic carbocycles. The Kier molecular flexibility index (Phi) is 5.47. The molecule has 3 N–H and O–H groups in total. The number of sulfonamides is 1. The third-order valence-corrected chi connectivity index (χ3v) is 6.80. The number of primary amides is 1. The summed E-state index contributed by atoms with van der Waals surface area (Å²) >= 11 is 0. The average molecular weight is 380 g/mol. The van der Waals surface area contributed by atoms with E-state index in [1.807, 2.05) is 0 Å². The number of carbonyl (C=O) groups is 2. The summed E-state index contributed by atoms with van der Waals surface area (Å²) in [6, 6.07) is 5.78. The van der Waals surface area contributed by atoms with Gasteiger partial charge >= 0.3 is 6.03 Å². The number of hydrogen-bond donors (Lipinski definition) is 2. The number of nitrogens with one attached hydrogen (secondary N) is 1. The van der Waals surface area contributed by atoms with Crippen molar-refractivity contribution in [3.05, 3.63) is 24.3 Å². The van der Waals surface area contributed by atoms with E-state index in [-0.39, 0.29) is 23.3 Å². The first kappa shape index (κ1) is 18.7. The van der Waals surface area contributed by atoms with Crippen LogP contribution in [0.2, 0.25) is 0 Å². The molecule has 0 radical (unpaired) electrons. The second kappa shape index (κ2) is 7.63. The van der Waals surface area contributed by atoms with Crippen LogP contribution in [0.25, 0.3) is 0 Å². The van der Waals surface area contributed by atoms with Crippen LogP contribution in [-0.4, -0.2) is 55.7 Å². The molecule has 0 unspecified atom stereocenters. The van der Waals surface area contributed by atoms with Crippen molar-refractivity contribution >= 4 is 27.6 Å². The van der Waals surface area contributed by atoms with Gasteiger partial charge in [-0.25, -0.2) is 13.2 Å². The number of piperidine rings is 1. The molecule has 2 aliphatic heterocycles. The zero-order valence-electron chi connectivity index (χ0n) is 14.6. The van der Waals surface area contributed by atoms with Crippen LogP contribution < -0.4 is 11.1 Å². The molecule has 142 valence electrons. The number of amides is 3. The van der Waals surface area contributed by atoms with E-state index in [9.17, 15) is 18.0 Å². The van der Waals surface area contributed by atoms with Crippen LogP contribution in [0, 0.1) is 5.92 Å². The van der Waals surface area contributed by atoms with Gasteiger partial charge in [-0.05, 0) is 43.9 Å². The summed E-state index contributed by atoms with van der Waals surface area (Å²) < 4.78 is 26.8. The maximum atomic E-state index is 12.6. The van der Waals surface area contributed by atoms with Gasteiger partial charge in [0.1, 0.15) is 0 Å². The lowest BCUT2D eigenvalue weighted by molar-refractivity contribution is -0.121. The Balaban J connectivity index is 1.70. The summed E-state index contributed by atoms with van der Waals surface area (Å²) in [7, 11) is -3.53. The molecule has 3 rings (SSSR count). The topological polar surface area (TPSA) is 113 Å². The van der Waals surface area contributed by atoms with Gasteiger partial charge in [-0.2, -0.15) is 4.31 Å². The molecule has 1 aromatic rings. The number of anilines is 1. The molecule has 0 aliphatic carbocycles. The predicted molar refractivity (Wildman–Crippen MR) is 96.9 cm³/mol. The second-order valence-corrected chi connectivity index (χ2v) is 8.69. The lowest BCUT2D eigenvalue weighted by atomic mass is 9.97. The molecule has 0 bridgehead atoms. The van der Waals surface area contributed by atoms with Crippen molar-refractivity contribution in [1.82, 2.24) is 9.21 Å². The zero-order chi connectivity index (χ0) is 18.7. The number of likely N-dealkylation sites (tertiary alicyclic amines) is 1. The van der Waals surface area contributed by atoms with Crippen molar-refractivity contribution in [2.75, 3.05) is 31.5 Å². The van der Waals surface area contributed by atoms with Crippen molar-refractivity contribution in [2.45, 2.75) is 30.6 Å². The molecular weight excluding hydrogens is 356 g/mol. The van der Waals surface area contributed by atoms with Gasteiger partial charge in [0.25, 0.3) is 0 Å². The zero-order valence-corrected chi connectivity index (χ0v) is 15.4. The molecule has 9 heteroatoms. The molecule has 1 atom stereocenters. The van der Waals surface area contributed by atoms with Crippen molar-refractivity contribution in [3.8, 4) is 0 Å². The molecular formula is C17H24N4O4S. The van der Waals surface area contributed by atoms with Crippen molar-refractivity contribution in [1.29, 1.82) is 0 Å². The van der Waals surface area contributed by atoms with Crippen LogP contribution in [0.5, 0.6) is 0 Å². The van der Waals surface area contributed by atoms with Gasteiger partial charge in [0.15, 0.2) is 0 Å². The van der Waals surface area contributed by atoms with Crippen LogP contribution in [0.1, 0.15) is 25.7 Å². The largest absolute Gasteiger partial charge is 0.351 e. The summed E-state index contributed by atoms with van der Waals surface area (Å²) in [5.74, 6) is -0.582. The smallest absolute Gasteiger partial charge is 0.314 e. The fourth-order valence-electron chi connectivity index (χ4n) is 3.45. The second-order valence-electron chi connectivity index (χ2n) is 6.75. The van der Waals surface area contributed by atoms with Gasteiger partial charge in [-0.3, -0.25) is 4.79 Å². The molecule has 8 nitrogen and oxygen atoms in total. The first-order chi connectivity index (χ1) is 12.4. The van der Waals surface area contributed by atoms with Crippen molar-refractivity contribution in [2.24, 2.45) is 11.7 Å². The molecule has 26 heavy (non-hydrogen) atoms. The minimum atomic E-state index is -3.53. The molecule has 2 heterocycles. The maximum absolute atomic E-state index is 12.6. The Morgan fingerprint density at radius 2 is 1.85 bits per heavy atom. The highest BCUT2D eigenvalue weighted by atomic mass is 32.2. The van der Waals surface area contributed by atoms with E-state index in [1.54, 1.807) is 18.2 Å². The van der Waals surface area contributed by atoms with Gasteiger partial charge < -0.3 is 16.0 Å². The van der Waals surface area contributed by atoms with E-state index >= 15 is 0 Å². The fourth-order valence-corrected chi connectivity index (χ4v) is 5.01. The molecule has 2 fully saturated rings. The highest BCUT2D eigenvalue weighted by Crippen LogP contribution is 2.24. The lowest BCUT2D eigenvalue weighted by Gasteiger charge is -2.30. The Morgan fingerprint density at radius 3 is 2.54 bits per heavy atom. The average Bonchev–Trinajstić information content (AvgIpc) is 3.17. The van der Waals surface area contributed by atoms with E-state index in [2.05, 4.69) is 5.32 Å². The van der Waals surface area contributed by atoms with Gasteiger partial charge in [-0.15, -0.1) is 0 Å². The van der Waals surface area contributed by atoms with Gasteiger partial charge in [-0.1, -0.05) is 6.07 Å². The molecule has 0 aromatic heterocycles. The molecule has 2 saturated heterocycles. The number of benzene rings is 1. The van der Waals surface area contributed by atoms with Crippen LogP contribution >= 0.6 is 0 Å². The Bertz CT molecular complexity index is 790. The number of urea groups is 1. The summed E-state index contributed by atoms with van der Waals surface area (Å²) in [6.45, 7) is 1.91. The predicted octanol–water partition coefficient (Wildman–Crippen LogP) is 1.20. The van der Waals surface area contributed by atoms with E-state index in [4.69, 9.17) is 5.73 Å². The minimum absolute atomic E-state index is 0.180. The van der Waals surface area contributed by atoms with Gasteiger partial charge in [0, 0.05) is 31.9 Å². The molecule has 0 spiro atoms.